The number of aromatic nitrogens is 1. The number of benzene rings is 2. The van der Waals surface area contributed by atoms with Crippen LogP contribution in [-0.2, 0) is 31.8 Å². The second-order valence-corrected chi connectivity index (χ2v) is 9.68. The maximum absolute atomic E-state index is 5.82. The Labute approximate surface area is 205 Å². The van der Waals surface area contributed by atoms with Crippen molar-refractivity contribution in [3.63, 3.8) is 0 Å². The molecule has 0 radical (unpaired) electrons. The number of rotatable bonds is 2. The van der Waals surface area contributed by atoms with Crippen LogP contribution in [0.3, 0.4) is 0 Å². The Morgan fingerprint density at radius 1 is 0.714 bits per heavy atom. The number of para-hydroxylation sites is 2. The van der Waals surface area contributed by atoms with Crippen LogP contribution in [0.15, 0.2) is 59.7 Å². The standard InChI is InChI=1S/C14H18N2O2.C14H15NO2/c1-2-4-12(5-3-1)15-16-13-6-8-14(9-7-13)17-10-11-18-14;1-2-4-12-10(3-1)11-9-14(16-7-8-17-14)6-5-13(11)15-12/h1-5,15H,6-11H2;1-4,15H,5-9H2. The number of hydrogen-bond donors (Lipinski definition) is 2. The molecule has 7 nitrogen and oxygen atoms in total. The number of anilines is 1. The largest absolute Gasteiger partial charge is 0.358 e. The molecule has 1 aromatic heterocycles. The molecular formula is C28H33N3O4. The van der Waals surface area contributed by atoms with E-state index in [0.29, 0.717) is 0 Å². The Kier molecular flexibility index (Phi) is 6.33. The van der Waals surface area contributed by atoms with Gasteiger partial charge < -0.3 is 23.9 Å². The molecule has 2 saturated heterocycles. The zero-order valence-corrected chi connectivity index (χ0v) is 20.1. The highest BCUT2D eigenvalue weighted by molar-refractivity contribution is 5.86. The highest BCUT2D eigenvalue weighted by Gasteiger charge is 2.41. The van der Waals surface area contributed by atoms with E-state index in [4.69, 9.17) is 18.9 Å². The van der Waals surface area contributed by atoms with E-state index in [-0.39, 0.29) is 11.6 Å². The first kappa shape index (κ1) is 22.7. The van der Waals surface area contributed by atoms with Gasteiger partial charge in [-0.05, 0) is 43.0 Å². The van der Waals surface area contributed by atoms with Crippen molar-refractivity contribution in [1.82, 2.24) is 4.98 Å². The second-order valence-electron chi connectivity index (χ2n) is 9.68. The predicted molar refractivity (Wildman–Crippen MR) is 136 cm³/mol. The van der Waals surface area contributed by atoms with Gasteiger partial charge in [-0.1, -0.05) is 36.4 Å². The Morgan fingerprint density at radius 3 is 2.09 bits per heavy atom. The van der Waals surface area contributed by atoms with E-state index in [1.54, 1.807) is 0 Å². The van der Waals surface area contributed by atoms with Gasteiger partial charge in [0.25, 0.3) is 0 Å². The van der Waals surface area contributed by atoms with Gasteiger partial charge in [0.15, 0.2) is 11.6 Å². The highest BCUT2D eigenvalue weighted by Crippen LogP contribution is 2.38. The van der Waals surface area contributed by atoms with Crippen molar-refractivity contribution in [2.45, 2.75) is 56.5 Å². The maximum Gasteiger partial charge on any atom is 0.172 e. The summed E-state index contributed by atoms with van der Waals surface area (Å²) < 4.78 is 23.0. The topological polar surface area (TPSA) is 77.1 Å². The highest BCUT2D eigenvalue weighted by atomic mass is 16.7. The van der Waals surface area contributed by atoms with Crippen molar-refractivity contribution in [2.24, 2.45) is 5.10 Å². The number of nitrogens with zero attached hydrogens (tertiary/aromatic N) is 1. The average molecular weight is 476 g/mol. The maximum atomic E-state index is 5.82. The minimum Gasteiger partial charge on any atom is -0.358 e. The van der Waals surface area contributed by atoms with Crippen molar-refractivity contribution in [2.75, 3.05) is 31.9 Å². The Balaban J connectivity index is 0.000000131. The lowest BCUT2D eigenvalue weighted by Gasteiger charge is -2.31. The number of aryl methyl sites for hydroxylation is 1. The normalized spacial score (nSPS) is 22.1. The molecule has 0 amide bonds. The average Bonchev–Trinajstić information content (AvgIpc) is 3.65. The van der Waals surface area contributed by atoms with Gasteiger partial charge in [-0.25, -0.2) is 0 Å². The van der Waals surface area contributed by atoms with E-state index in [2.05, 4.69) is 39.8 Å². The van der Waals surface area contributed by atoms with Crippen LogP contribution >= 0.6 is 0 Å². The molecule has 3 heterocycles. The van der Waals surface area contributed by atoms with Gasteiger partial charge >= 0.3 is 0 Å². The molecule has 0 bridgehead atoms. The summed E-state index contributed by atoms with van der Waals surface area (Å²) in [5.74, 6) is -0.635. The summed E-state index contributed by atoms with van der Waals surface area (Å²) in [4.78, 5) is 3.51. The molecule has 7 heteroatoms. The van der Waals surface area contributed by atoms with Crippen molar-refractivity contribution in [3.8, 4) is 0 Å². The number of hydrazone groups is 1. The summed E-state index contributed by atoms with van der Waals surface area (Å²) in [7, 11) is 0. The molecular weight excluding hydrogens is 442 g/mol. The van der Waals surface area contributed by atoms with Crippen molar-refractivity contribution in [1.29, 1.82) is 0 Å². The fraction of sp³-hybridized carbons (Fsp3) is 0.464. The molecule has 4 aliphatic rings. The van der Waals surface area contributed by atoms with Gasteiger partial charge in [0.2, 0.25) is 0 Å². The zero-order chi connectivity index (χ0) is 23.6. The lowest BCUT2D eigenvalue weighted by atomic mass is 9.90. The lowest BCUT2D eigenvalue weighted by molar-refractivity contribution is -0.167. The number of aromatic amines is 1. The summed E-state index contributed by atoms with van der Waals surface area (Å²) in [6.07, 6.45) is 6.59. The molecule has 35 heavy (non-hydrogen) atoms. The molecule has 2 N–H and O–H groups in total. The number of nitrogens with one attached hydrogen (secondary N) is 2. The number of ether oxygens (including phenoxy) is 4. The van der Waals surface area contributed by atoms with Crippen LogP contribution in [0.1, 0.15) is 43.4 Å². The number of fused-ring (bicyclic) bond motifs is 3. The SMILES string of the molecule is c1ccc(NN=C2CCC3(CC2)OCCO3)cc1.c1ccc2c3c([nH]c2c1)CCC1(C3)OCCO1. The van der Waals surface area contributed by atoms with Gasteiger partial charge in [0.1, 0.15) is 0 Å². The van der Waals surface area contributed by atoms with Gasteiger partial charge in [-0.15, -0.1) is 0 Å². The van der Waals surface area contributed by atoms with Gasteiger partial charge in [0.05, 0.1) is 32.1 Å². The first-order valence-electron chi connectivity index (χ1n) is 12.7. The zero-order valence-electron chi connectivity index (χ0n) is 20.1. The summed E-state index contributed by atoms with van der Waals surface area (Å²) in [6, 6.07) is 18.5. The quantitative estimate of drug-likeness (QED) is 0.500. The molecule has 2 spiro atoms. The molecule has 1 saturated carbocycles. The Hall–Kier alpha value is -2.71. The van der Waals surface area contributed by atoms with E-state index in [1.165, 1.54) is 27.9 Å². The van der Waals surface area contributed by atoms with Crippen LogP contribution in [0, 0.1) is 0 Å². The van der Waals surface area contributed by atoms with E-state index in [0.717, 1.165) is 77.1 Å². The lowest BCUT2D eigenvalue weighted by Crippen LogP contribution is -2.36. The Bertz CT molecular complexity index is 1170. The van der Waals surface area contributed by atoms with Crippen LogP contribution in [0.25, 0.3) is 10.9 Å². The fourth-order valence-electron chi connectivity index (χ4n) is 5.56. The molecule has 184 valence electrons. The van der Waals surface area contributed by atoms with Crippen LogP contribution in [-0.4, -0.2) is 48.7 Å². The van der Waals surface area contributed by atoms with Crippen molar-refractivity contribution < 1.29 is 18.9 Å². The second kappa shape index (κ2) is 9.74. The summed E-state index contributed by atoms with van der Waals surface area (Å²) >= 11 is 0. The van der Waals surface area contributed by atoms with E-state index in [9.17, 15) is 0 Å². The third kappa shape index (κ3) is 4.86. The van der Waals surface area contributed by atoms with Crippen LogP contribution < -0.4 is 5.43 Å². The third-order valence-electron chi connectivity index (χ3n) is 7.44. The molecule has 0 unspecified atom stereocenters. The molecule has 3 aromatic rings. The molecule has 7 rings (SSSR count). The monoisotopic (exact) mass is 475 g/mol. The first-order chi connectivity index (χ1) is 17.2. The van der Waals surface area contributed by atoms with Crippen molar-refractivity contribution >= 4 is 22.3 Å². The third-order valence-corrected chi connectivity index (χ3v) is 7.44. The number of H-pyrrole nitrogens is 1. The fourth-order valence-corrected chi connectivity index (χ4v) is 5.56. The van der Waals surface area contributed by atoms with Gasteiger partial charge in [-0.3, -0.25) is 5.43 Å². The number of hydrogen-bond acceptors (Lipinski definition) is 6. The van der Waals surface area contributed by atoms with Crippen LogP contribution in [0.4, 0.5) is 5.69 Å². The van der Waals surface area contributed by atoms with Gasteiger partial charge in [-0.2, -0.15) is 5.10 Å². The molecule has 2 aliphatic heterocycles. The molecule has 2 aliphatic carbocycles. The van der Waals surface area contributed by atoms with E-state index in [1.807, 2.05) is 30.3 Å². The molecule has 3 fully saturated rings. The Morgan fingerprint density at radius 2 is 1.34 bits per heavy atom. The predicted octanol–water partition coefficient (Wildman–Crippen LogP) is 5.17. The van der Waals surface area contributed by atoms with Crippen LogP contribution in [0.2, 0.25) is 0 Å². The van der Waals surface area contributed by atoms with Gasteiger partial charge in [0, 0.05) is 48.0 Å². The van der Waals surface area contributed by atoms with E-state index >= 15 is 0 Å². The van der Waals surface area contributed by atoms with Crippen molar-refractivity contribution in [3.05, 3.63) is 65.9 Å². The first-order valence-corrected chi connectivity index (χ1v) is 12.7. The summed E-state index contributed by atoms with van der Waals surface area (Å²) in [5, 5.41) is 5.78. The summed E-state index contributed by atoms with van der Waals surface area (Å²) in [6.45, 7) is 2.93. The smallest absolute Gasteiger partial charge is 0.172 e. The molecule has 0 atom stereocenters. The molecule has 2 aromatic carbocycles. The van der Waals surface area contributed by atoms with Crippen LogP contribution in [0.5, 0.6) is 0 Å². The van der Waals surface area contributed by atoms with E-state index < -0.39 is 0 Å². The minimum absolute atomic E-state index is 0.300. The minimum atomic E-state index is -0.335. The summed E-state index contributed by atoms with van der Waals surface area (Å²) in [5.41, 5.74) is 9.29.